The van der Waals surface area contributed by atoms with Crippen LogP contribution in [0.3, 0.4) is 0 Å². The SMILES string of the molecule is CCCNC(=O)c1cc(-c2ccco2)nn1-c1ccc(C)cc1C. The van der Waals surface area contributed by atoms with E-state index >= 15 is 0 Å². The minimum atomic E-state index is -0.137. The molecule has 0 saturated heterocycles. The third kappa shape index (κ3) is 3.11. The van der Waals surface area contributed by atoms with E-state index in [0.717, 1.165) is 17.7 Å². The van der Waals surface area contributed by atoms with Crippen molar-refractivity contribution in [2.75, 3.05) is 6.54 Å². The van der Waals surface area contributed by atoms with Crippen LogP contribution >= 0.6 is 0 Å². The zero-order chi connectivity index (χ0) is 17.1. The smallest absolute Gasteiger partial charge is 0.270 e. The number of carbonyl (C=O) groups is 1. The lowest BCUT2D eigenvalue weighted by molar-refractivity contribution is 0.0946. The summed E-state index contributed by atoms with van der Waals surface area (Å²) in [5, 5.41) is 7.52. The predicted molar refractivity (Wildman–Crippen MR) is 93.4 cm³/mol. The maximum Gasteiger partial charge on any atom is 0.270 e. The molecule has 2 aromatic heterocycles. The fourth-order valence-corrected chi connectivity index (χ4v) is 2.64. The van der Waals surface area contributed by atoms with Crippen LogP contribution in [0.2, 0.25) is 0 Å². The van der Waals surface area contributed by atoms with Crippen LogP contribution in [-0.4, -0.2) is 22.2 Å². The molecule has 2 heterocycles. The maximum atomic E-state index is 12.6. The fourth-order valence-electron chi connectivity index (χ4n) is 2.64. The van der Waals surface area contributed by atoms with Gasteiger partial charge in [-0.2, -0.15) is 5.10 Å². The van der Waals surface area contributed by atoms with Crippen LogP contribution in [0.15, 0.2) is 47.1 Å². The molecule has 124 valence electrons. The van der Waals surface area contributed by atoms with Crippen LogP contribution < -0.4 is 5.32 Å². The van der Waals surface area contributed by atoms with Crippen molar-refractivity contribution in [3.63, 3.8) is 0 Å². The summed E-state index contributed by atoms with van der Waals surface area (Å²) in [7, 11) is 0. The molecular weight excluding hydrogens is 302 g/mol. The second-order valence-electron chi connectivity index (χ2n) is 5.85. The Balaban J connectivity index is 2.10. The molecule has 0 radical (unpaired) electrons. The largest absolute Gasteiger partial charge is 0.463 e. The first-order valence-electron chi connectivity index (χ1n) is 8.10. The number of aryl methyl sites for hydroxylation is 2. The third-order valence-electron chi connectivity index (χ3n) is 3.83. The topological polar surface area (TPSA) is 60.1 Å². The Morgan fingerprint density at radius 3 is 2.75 bits per heavy atom. The van der Waals surface area contributed by atoms with Gasteiger partial charge in [-0.1, -0.05) is 24.6 Å². The number of nitrogens with one attached hydrogen (secondary N) is 1. The number of hydrogen-bond acceptors (Lipinski definition) is 3. The van der Waals surface area contributed by atoms with Crippen LogP contribution in [0.5, 0.6) is 0 Å². The van der Waals surface area contributed by atoms with Gasteiger partial charge in [0.25, 0.3) is 5.91 Å². The monoisotopic (exact) mass is 323 g/mol. The van der Waals surface area contributed by atoms with Gasteiger partial charge in [0.15, 0.2) is 5.76 Å². The molecule has 0 fully saturated rings. The minimum absolute atomic E-state index is 0.137. The lowest BCUT2D eigenvalue weighted by Gasteiger charge is -2.11. The van der Waals surface area contributed by atoms with Gasteiger partial charge in [-0.05, 0) is 44.0 Å². The second kappa shape index (κ2) is 6.74. The van der Waals surface area contributed by atoms with Gasteiger partial charge in [-0.15, -0.1) is 0 Å². The van der Waals surface area contributed by atoms with Gasteiger partial charge in [0.05, 0.1) is 12.0 Å². The zero-order valence-electron chi connectivity index (χ0n) is 14.2. The lowest BCUT2D eigenvalue weighted by Crippen LogP contribution is -2.26. The van der Waals surface area contributed by atoms with Gasteiger partial charge in [-0.25, -0.2) is 4.68 Å². The molecule has 0 aliphatic heterocycles. The van der Waals surface area contributed by atoms with Crippen molar-refractivity contribution in [1.29, 1.82) is 0 Å². The van der Waals surface area contributed by atoms with E-state index in [0.29, 0.717) is 23.7 Å². The van der Waals surface area contributed by atoms with Crippen LogP contribution in [0.4, 0.5) is 0 Å². The summed E-state index contributed by atoms with van der Waals surface area (Å²) in [4.78, 5) is 12.6. The van der Waals surface area contributed by atoms with Gasteiger partial charge >= 0.3 is 0 Å². The van der Waals surface area contributed by atoms with Crippen molar-refractivity contribution in [1.82, 2.24) is 15.1 Å². The van der Waals surface area contributed by atoms with Crippen molar-refractivity contribution in [3.8, 4) is 17.1 Å². The van der Waals surface area contributed by atoms with Gasteiger partial charge in [0.2, 0.25) is 0 Å². The number of benzene rings is 1. The van der Waals surface area contributed by atoms with E-state index in [9.17, 15) is 4.79 Å². The molecular formula is C19H21N3O2. The molecule has 0 aliphatic carbocycles. The summed E-state index contributed by atoms with van der Waals surface area (Å²) < 4.78 is 7.12. The quantitative estimate of drug-likeness (QED) is 0.775. The summed E-state index contributed by atoms with van der Waals surface area (Å²) in [6.45, 7) is 6.72. The number of carbonyl (C=O) groups excluding carboxylic acids is 1. The molecule has 0 unspecified atom stereocenters. The number of nitrogens with zero attached hydrogens (tertiary/aromatic N) is 2. The molecule has 0 spiro atoms. The van der Waals surface area contributed by atoms with Crippen LogP contribution in [-0.2, 0) is 0 Å². The summed E-state index contributed by atoms with van der Waals surface area (Å²) in [5.74, 6) is 0.505. The van der Waals surface area contributed by atoms with E-state index in [1.807, 2.05) is 45.0 Å². The summed E-state index contributed by atoms with van der Waals surface area (Å²) in [5.41, 5.74) is 4.27. The molecule has 5 heteroatoms. The molecule has 0 atom stereocenters. The Morgan fingerprint density at radius 2 is 2.08 bits per heavy atom. The van der Waals surface area contributed by atoms with Gasteiger partial charge in [0.1, 0.15) is 11.4 Å². The standard InChI is InChI=1S/C19H21N3O2/c1-4-9-20-19(23)17-12-15(18-6-5-10-24-18)21-22(17)16-8-7-13(2)11-14(16)3/h5-8,10-12H,4,9H2,1-3H3,(H,20,23). The summed E-state index contributed by atoms with van der Waals surface area (Å²) in [6, 6.07) is 11.5. The van der Waals surface area contributed by atoms with Crippen molar-refractivity contribution in [2.24, 2.45) is 0 Å². The van der Waals surface area contributed by atoms with Crippen molar-refractivity contribution in [3.05, 3.63) is 59.5 Å². The first-order valence-corrected chi connectivity index (χ1v) is 8.10. The van der Waals surface area contributed by atoms with Gasteiger partial charge < -0.3 is 9.73 Å². The molecule has 0 saturated carbocycles. The van der Waals surface area contributed by atoms with E-state index in [4.69, 9.17) is 4.42 Å². The number of hydrogen-bond donors (Lipinski definition) is 1. The van der Waals surface area contributed by atoms with E-state index in [1.165, 1.54) is 5.56 Å². The van der Waals surface area contributed by atoms with E-state index < -0.39 is 0 Å². The highest BCUT2D eigenvalue weighted by molar-refractivity contribution is 5.94. The molecule has 5 nitrogen and oxygen atoms in total. The first-order chi connectivity index (χ1) is 11.6. The maximum absolute atomic E-state index is 12.6. The van der Waals surface area contributed by atoms with Crippen LogP contribution in [0.1, 0.15) is 35.0 Å². The normalized spacial score (nSPS) is 10.8. The number of rotatable bonds is 5. The molecule has 3 rings (SSSR count). The second-order valence-corrected chi connectivity index (χ2v) is 5.85. The molecule has 1 aromatic carbocycles. The average molecular weight is 323 g/mol. The highest BCUT2D eigenvalue weighted by Crippen LogP contribution is 2.24. The molecule has 1 amide bonds. The Labute approximate surface area is 141 Å². The highest BCUT2D eigenvalue weighted by Gasteiger charge is 2.19. The van der Waals surface area contributed by atoms with E-state index in [1.54, 1.807) is 17.0 Å². The number of aromatic nitrogens is 2. The molecule has 3 aromatic rings. The molecule has 0 bridgehead atoms. The van der Waals surface area contributed by atoms with Crippen LogP contribution in [0, 0.1) is 13.8 Å². The van der Waals surface area contributed by atoms with Crippen molar-refractivity contribution < 1.29 is 9.21 Å². The Kier molecular flexibility index (Phi) is 4.51. The van der Waals surface area contributed by atoms with Crippen LogP contribution in [0.25, 0.3) is 17.1 Å². The summed E-state index contributed by atoms with van der Waals surface area (Å²) >= 11 is 0. The number of amides is 1. The van der Waals surface area contributed by atoms with Crippen molar-refractivity contribution in [2.45, 2.75) is 27.2 Å². The zero-order valence-corrected chi connectivity index (χ0v) is 14.2. The fraction of sp³-hybridized carbons (Fsp3) is 0.263. The average Bonchev–Trinajstić information content (AvgIpc) is 3.21. The van der Waals surface area contributed by atoms with E-state index in [2.05, 4.69) is 16.5 Å². The van der Waals surface area contributed by atoms with E-state index in [-0.39, 0.29) is 5.91 Å². The van der Waals surface area contributed by atoms with Gasteiger partial charge in [0, 0.05) is 12.6 Å². The molecule has 0 aliphatic rings. The summed E-state index contributed by atoms with van der Waals surface area (Å²) in [6.07, 6.45) is 2.48. The Hall–Kier alpha value is -2.82. The highest BCUT2D eigenvalue weighted by atomic mass is 16.3. The minimum Gasteiger partial charge on any atom is -0.463 e. The number of furan rings is 1. The third-order valence-corrected chi connectivity index (χ3v) is 3.83. The lowest BCUT2D eigenvalue weighted by atomic mass is 10.1. The molecule has 24 heavy (non-hydrogen) atoms. The van der Waals surface area contributed by atoms with Gasteiger partial charge in [-0.3, -0.25) is 4.79 Å². The Morgan fingerprint density at radius 1 is 1.25 bits per heavy atom. The Bertz CT molecular complexity index is 848. The first kappa shape index (κ1) is 16.1. The molecule has 1 N–H and O–H groups in total. The predicted octanol–water partition coefficient (Wildman–Crippen LogP) is 3.89. The van der Waals surface area contributed by atoms with Crippen molar-refractivity contribution >= 4 is 5.91 Å².